The summed E-state index contributed by atoms with van der Waals surface area (Å²) in [5, 5.41) is 17.6. The molecule has 3 rings (SSSR count). The summed E-state index contributed by atoms with van der Waals surface area (Å²) < 4.78 is 0. The molecule has 1 heterocycles. The summed E-state index contributed by atoms with van der Waals surface area (Å²) in [5.74, 6) is 0. The van der Waals surface area contributed by atoms with E-state index >= 15 is 0 Å². The van der Waals surface area contributed by atoms with Crippen molar-refractivity contribution in [2.75, 3.05) is 31.1 Å². The molecule has 0 N–H and O–H groups in total. The number of anilines is 1. The van der Waals surface area contributed by atoms with Crippen LogP contribution in [0.2, 0.25) is 0 Å². The first kappa shape index (κ1) is 17.0. The number of nitrogens with zero attached hydrogens (tertiary/aromatic N) is 4. The van der Waals surface area contributed by atoms with Crippen LogP contribution in [0.15, 0.2) is 53.6 Å². The monoisotopic (exact) mass is 338 g/mol. The predicted molar refractivity (Wildman–Crippen MR) is 100 cm³/mol. The Morgan fingerprint density at radius 1 is 1.08 bits per heavy atom. The van der Waals surface area contributed by atoms with Gasteiger partial charge in [0.25, 0.3) is 5.69 Å². The van der Waals surface area contributed by atoms with Crippen LogP contribution in [0.4, 0.5) is 11.4 Å². The van der Waals surface area contributed by atoms with Crippen LogP contribution in [0.5, 0.6) is 0 Å². The SMILES string of the molecule is CC(=NN1CCN(c2ccc(C)cc2)CC1)c1cccc([N+](=O)[O-])c1. The molecule has 0 bridgehead atoms. The average molecular weight is 338 g/mol. The molecule has 0 atom stereocenters. The maximum Gasteiger partial charge on any atom is 0.270 e. The Bertz CT molecular complexity index is 778. The van der Waals surface area contributed by atoms with Crippen LogP contribution < -0.4 is 4.90 Å². The normalized spacial score (nSPS) is 15.4. The minimum absolute atomic E-state index is 0.0937. The van der Waals surface area contributed by atoms with Gasteiger partial charge in [-0.1, -0.05) is 29.8 Å². The number of hydrogen-bond donors (Lipinski definition) is 0. The van der Waals surface area contributed by atoms with E-state index in [4.69, 9.17) is 0 Å². The van der Waals surface area contributed by atoms with Gasteiger partial charge in [-0.2, -0.15) is 5.10 Å². The fraction of sp³-hybridized carbons (Fsp3) is 0.316. The van der Waals surface area contributed by atoms with Crippen LogP contribution in [0, 0.1) is 17.0 Å². The number of benzene rings is 2. The van der Waals surface area contributed by atoms with Crippen LogP contribution in [-0.4, -0.2) is 41.8 Å². The van der Waals surface area contributed by atoms with E-state index in [1.165, 1.54) is 17.3 Å². The van der Waals surface area contributed by atoms with E-state index in [0.717, 1.165) is 37.5 Å². The summed E-state index contributed by atoms with van der Waals surface area (Å²) in [4.78, 5) is 12.9. The predicted octanol–water partition coefficient (Wildman–Crippen LogP) is 3.45. The Labute approximate surface area is 147 Å². The van der Waals surface area contributed by atoms with Crippen molar-refractivity contribution < 1.29 is 4.92 Å². The Morgan fingerprint density at radius 2 is 1.76 bits per heavy atom. The first-order valence-corrected chi connectivity index (χ1v) is 8.39. The summed E-state index contributed by atoms with van der Waals surface area (Å²) in [6.45, 7) is 7.47. The van der Waals surface area contributed by atoms with Crippen LogP contribution in [-0.2, 0) is 0 Å². The molecule has 1 aliphatic rings. The van der Waals surface area contributed by atoms with Crippen LogP contribution in [0.1, 0.15) is 18.1 Å². The van der Waals surface area contributed by atoms with Crippen LogP contribution >= 0.6 is 0 Å². The molecular formula is C19H22N4O2. The zero-order valence-electron chi connectivity index (χ0n) is 14.6. The van der Waals surface area contributed by atoms with Gasteiger partial charge in [-0.15, -0.1) is 0 Å². The molecule has 0 radical (unpaired) electrons. The molecule has 1 aliphatic heterocycles. The number of hydrazone groups is 1. The smallest absolute Gasteiger partial charge is 0.270 e. The summed E-state index contributed by atoms with van der Waals surface area (Å²) in [7, 11) is 0. The third kappa shape index (κ3) is 4.15. The van der Waals surface area contributed by atoms with Gasteiger partial charge in [0, 0.05) is 36.5 Å². The number of nitro groups is 1. The van der Waals surface area contributed by atoms with Crippen molar-refractivity contribution in [3.8, 4) is 0 Å². The molecule has 6 nitrogen and oxygen atoms in total. The van der Waals surface area contributed by atoms with Gasteiger partial charge >= 0.3 is 0 Å². The molecule has 1 saturated heterocycles. The van der Waals surface area contributed by atoms with E-state index in [1.807, 2.05) is 18.0 Å². The molecule has 25 heavy (non-hydrogen) atoms. The van der Waals surface area contributed by atoms with Crippen LogP contribution in [0.3, 0.4) is 0 Å². The second kappa shape index (κ2) is 7.34. The van der Waals surface area contributed by atoms with E-state index < -0.39 is 0 Å². The summed E-state index contributed by atoms with van der Waals surface area (Å²) in [6, 6.07) is 15.2. The quantitative estimate of drug-likeness (QED) is 0.487. The van der Waals surface area contributed by atoms with Crippen molar-refractivity contribution >= 4 is 17.1 Å². The van der Waals surface area contributed by atoms with Gasteiger partial charge in [0.05, 0.1) is 23.7 Å². The fourth-order valence-corrected chi connectivity index (χ4v) is 2.92. The highest BCUT2D eigenvalue weighted by Crippen LogP contribution is 2.18. The van der Waals surface area contributed by atoms with Gasteiger partial charge in [0.15, 0.2) is 0 Å². The van der Waals surface area contributed by atoms with Gasteiger partial charge in [-0.05, 0) is 26.0 Å². The van der Waals surface area contributed by atoms with Crippen molar-refractivity contribution in [1.82, 2.24) is 5.01 Å². The molecular weight excluding hydrogens is 316 g/mol. The standard InChI is InChI=1S/C19H22N4O2/c1-15-6-8-18(9-7-15)21-10-12-22(13-11-21)20-16(2)17-4-3-5-19(14-17)23(24)25/h3-9,14H,10-13H2,1-2H3. The summed E-state index contributed by atoms with van der Waals surface area (Å²) in [5.41, 5.74) is 4.18. The van der Waals surface area contributed by atoms with Crippen molar-refractivity contribution in [3.63, 3.8) is 0 Å². The number of aryl methyl sites for hydroxylation is 1. The second-order valence-electron chi connectivity index (χ2n) is 6.27. The maximum absolute atomic E-state index is 10.9. The Morgan fingerprint density at radius 3 is 2.40 bits per heavy atom. The van der Waals surface area contributed by atoms with Crippen molar-refractivity contribution in [2.45, 2.75) is 13.8 Å². The zero-order chi connectivity index (χ0) is 17.8. The molecule has 130 valence electrons. The van der Waals surface area contributed by atoms with Crippen LogP contribution in [0.25, 0.3) is 0 Å². The van der Waals surface area contributed by atoms with Gasteiger partial charge in [-0.3, -0.25) is 15.1 Å². The first-order chi connectivity index (χ1) is 12.0. The minimum atomic E-state index is -0.378. The highest BCUT2D eigenvalue weighted by atomic mass is 16.6. The molecule has 6 heteroatoms. The first-order valence-electron chi connectivity index (χ1n) is 8.39. The number of non-ortho nitro benzene ring substituents is 1. The van der Waals surface area contributed by atoms with E-state index in [0.29, 0.717) is 0 Å². The topological polar surface area (TPSA) is 62.0 Å². The molecule has 2 aromatic rings. The molecule has 0 aliphatic carbocycles. The Kier molecular flexibility index (Phi) is 4.97. The third-order valence-corrected chi connectivity index (χ3v) is 4.42. The van der Waals surface area contributed by atoms with Crippen molar-refractivity contribution in [3.05, 3.63) is 69.8 Å². The van der Waals surface area contributed by atoms with Gasteiger partial charge < -0.3 is 4.90 Å². The highest BCUT2D eigenvalue weighted by molar-refractivity contribution is 5.99. The maximum atomic E-state index is 10.9. The molecule has 1 fully saturated rings. The third-order valence-electron chi connectivity index (χ3n) is 4.42. The lowest BCUT2D eigenvalue weighted by molar-refractivity contribution is -0.384. The van der Waals surface area contributed by atoms with E-state index in [-0.39, 0.29) is 10.6 Å². The summed E-state index contributed by atoms with van der Waals surface area (Å²) in [6.07, 6.45) is 0. The van der Waals surface area contributed by atoms with E-state index in [9.17, 15) is 10.1 Å². The fourth-order valence-electron chi connectivity index (χ4n) is 2.92. The lowest BCUT2D eigenvalue weighted by Crippen LogP contribution is -2.44. The summed E-state index contributed by atoms with van der Waals surface area (Å²) >= 11 is 0. The molecule has 0 aromatic heterocycles. The Balaban J connectivity index is 1.64. The molecule has 0 spiro atoms. The van der Waals surface area contributed by atoms with E-state index in [2.05, 4.69) is 41.2 Å². The molecule has 0 amide bonds. The lowest BCUT2D eigenvalue weighted by Gasteiger charge is -2.35. The van der Waals surface area contributed by atoms with E-state index in [1.54, 1.807) is 12.1 Å². The van der Waals surface area contributed by atoms with Crippen molar-refractivity contribution in [1.29, 1.82) is 0 Å². The highest BCUT2D eigenvalue weighted by Gasteiger charge is 2.16. The molecule has 0 unspecified atom stereocenters. The Hall–Kier alpha value is -2.89. The molecule has 0 saturated carbocycles. The second-order valence-corrected chi connectivity index (χ2v) is 6.27. The lowest BCUT2D eigenvalue weighted by atomic mass is 10.1. The van der Waals surface area contributed by atoms with Gasteiger partial charge in [-0.25, -0.2) is 0 Å². The number of hydrogen-bond acceptors (Lipinski definition) is 5. The number of nitro benzene ring substituents is 1. The largest absolute Gasteiger partial charge is 0.368 e. The van der Waals surface area contributed by atoms with Crippen molar-refractivity contribution in [2.24, 2.45) is 5.10 Å². The number of rotatable bonds is 4. The van der Waals surface area contributed by atoms with Gasteiger partial charge in [0.1, 0.15) is 0 Å². The number of piperazine rings is 1. The minimum Gasteiger partial charge on any atom is -0.368 e. The molecule has 2 aromatic carbocycles. The average Bonchev–Trinajstić information content (AvgIpc) is 2.63. The van der Waals surface area contributed by atoms with Gasteiger partial charge in [0.2, 0.25) is 0 Å². The zero-order valence-corrected chi connectivity index (χ0v) is 14.6.